The zero-order valence-electron chi connectivity index (χ0n) is 12.1. The molecule has 2 aromatic rings. The highest BCUT2D eigenvalue weighted by molar-refractivity contribution is 6.33. The first-order valence-corrected chi connectivity index (χ1v) is 7.27. The summed E-state index contributed by atoms with van der Waals surface area (Å²) in [5, 5.41) is 4.51. The zero-order valence-corrected chi connectivity index (χ0v) is 12.8. The van der Waals surface area contributed by atoms with E-state index in [1.807, 2.05) is 12.1 Å². The van der Waals surface area contributed by atoms with Crippen LogP contribution in [0.5, 0.6) is 0 Å². The van der Waals surface area contributed by atoms with Crippen molar-refractivity contribution < 1.29 is 9.59 Å². The SMILES string of the molecule is Cn1cc(C(=O)N2CCN(c3ccccc3Cl)C(=O)C2)cn1. The second kappa shape index (κ2) is 5.81. The molecule has 22 heavy (non-hydrogen) atoms. The van der Waals surface area contributed by atoms with Crippen molar-refractivity contribution in [3.63, 3.8) is 0 Å². The van der Waals surface area contributed by atoms with Gasteiger partial charge in [-0.25, -0.2) is 0 Å². The molecule has 2 amide bonds. The van der Waals surface area contributed by atoms with Gasteiger partial charge < -0.3 is 9.80 Å². The van der Waals surface area contributed by atoms with Crippen molar-refractivity contribution in [3.05, 3.63) is 47.2 Å². The van der Waals surface area contributed by atoms with Crippen molar-refractivity contribution >= 4 is 29.1 Å². The summed E-state index contributed by atoms with van der Waals surface area (Å²) in [5.74, 6) is -0.322. The van der Waals surface area contributed by atoms with E-state index in [0.29, 0.717) is 29.4 Å². The number of carbonyl (C=O) groups excluding carboxylic acids is 2. The number of para-hydroxylation sites is 1. The summed E-state index contributed by atoms with van der Waals surface area (Å²) in [6, 6.07) is 7.20. The number of nitrogens with zero attached hydrogens (tertiary/aromatic N) is 4. The fraction of sp³-hybridized carbons (Fsp3) is 0.267. The van der Waals surface area contributed by atoms with Crippen molar-refractivity contribution in [1.29, 1.82) is 0 Å². The highest BCUT2D eigenvalue weighted by Gasteiger charge is 2.29. The molecule has 1 aliphatic rings. The molecule has 2 heterocycles. The van der Waals surface area contributed by atoms with Gasteiger partial charge in [-0.15, -0.1) is 0 Å². The Morgan fingerprint density at radius 3 is 2.68 bits per heavy atom. The van der Waals surface area contributed by atoms with E-state index in [-0.39, 0.29) is 18.4 Å². The summed E-state index contributed by atoms with van der Waals surface area (Å²) in [4.78, 5) is 27.9. The number of anilines is 1. The van der Waals surface area contributed by atoms with Gasteiger partial charge in [0, 0.05) is 26.3 Å². The normalized spacial score (nSPS) is 15.3. The zero-order chi connectivity index (χ0) is 15.7. The van der Waals surface area contributed by atoms with Crippen LogP contribution in [0.4, 0.5) is 5.69 Å². The highest BCUT2D eigenvalue weighted by Crippen LogP contribution is 2.26. The van der Waals surface area contributed by atoms with Gasteiger partial charge in [-0.3, -0.25) is 14.3 Å². The second-order valence-corrected chi connectivity index (χ2v) is 5.53. The van der Waals surface area contributed by atoms with Crippen molar-refractivity contribution in [2.75, 3.05) is 24.5 Å². The third-order valence-electron chi connectivity index (χ3n) is 3.60. The lowest BCUT2D eigenvalue weighted by Gasteiger charge is -2.34. The lowest BCUT2D eigenvalue weighted by Crippen LogP contribution is -2.52. The third kappa shape index (κ3) is 2.69. The maximum Gasteiger partial charge on any atom is 0.257 e. The minimum atomic E-state index is -0.180. The van der Waals surface area contributed by atoms with Crippen LogP contribution >= 0.6 is 11.6 Å². The van der Waals surface area contributed by atoms with E-state index in [4.69, 9.17) is 11.6 Å². The van der Waals surface area contributed by atoms with Crippen LogP contribution in [0.15, 0.2) is 36.7 Å². The first-order chi connectivity index (χ1) is 10.6. The fourth-order valence-electron chi connectivity index (χ4n) is 2.49. The monoisotopic (exact) mass is 318 g/mol. The smallest absolute Gasteiger partial charge is 0.257 e. The van der Waals surface area contributed by atoms with Crippen LogP contribution in [0.3, 0.4) is 0 Å². The molecule has 1 aliphatic heterocycles. The Labute approximate surface area is 132 Å². The quantitative estimate of drug-likeness (QED) is 0.844. The number of rotatable bonds is 2. The molecular formula is C15H15ClN4O2. The first kappa shape index (κ1) is 14.6. The number of amides is 2. The van der Waals surface area contributed by atoms with Gasteiger partial charge >= 0.3 is 0 Å². The average molecular weight is 319 g/mol. The first-order valence-electron chi connectivity index (χ1n) is 6.89. The molecule has 114 valence electrons. The molecule has 1 aromatic heterocycles. The van der Waals surface area contributed by atoms with Crippen LogP contribution in [-0.4, -0.2) is 46.1 Å². The Balaban J connectivity index is 1.74. The molecule has 0 aliphatic carbocycles. The van der Waals surface area contributed by atoms with Gasteiger partial charge in [0.2, 0.25) is 5.91 Å². The number of carbonyl (C=O) groups is 2. The van der Waals surface area contributed by atoms with Crippen LogP contribution in [0.1, 0.15) is 10.4 Å². The van der Waals surface area contributed by atoms with Gasteiger partial charge in [-0.05, 0) is 12.1 Å². The largest absolute Gasteiger partial charge is 0.327 e. The van der Waals surface area contributed by atoms with E-state index >= 15 is 0 Å². The van der Waals surface area contributed by atoms with E-state index in [1.54, 1.807) is 35.0 Å². The summed E-state index contributed by atoms with van der Waals surface area (Å²) in [7, 11) is 1.75. The molecule has 0 bridgehead atoms. The molecule has 0 unspecified atom stereocenters. The number of benzene rings is 1. The summed E-state index contributed by atoms with van der Waals surface area (Å²) in [6.45, 7) is 0.929. The van der Waals surface area contributed by atoms with E-state index < -0.39 is 0 Å². The van der Waals surface area contributed by atoms with Gasteiger partial charge in [0.1, 0.15) is 6.54 Å². The van der Waals surface area contributed by atoms with Gasteiger partial charge in [-0.2, -0.15) is 5.10 Å². The van der Waals surface area contributed by atoms with Crippen molar-refractivity contribution in [1.82, 2.24) is 14.7 Å². The van der Waals surface area contributed by atoms with Crippen LogP contribution in [-0.2, 0) is 11.8 Å². The number of piperazine rings is 1. The Morgan fingerprint density at radius 2 is 2.05 bits per heavy atom. The predicted octanol–water partition coefficient (Wildman–Crippen LogP) is 1.56. The molecular weight excluding hydrogens is 304 g/mol. The Bertz CT molecular complexity index is 728. The lowest BCUT2D eigenvalue weighted by atomic mass is 10.2. The number of aryl methyl sites for hydroxylation is 1. The minimum Gasteiger partial charge on any atom is -0.327 e. The molecule has 1 fully saturated rings. The van der Waals surface area contributed by atoms with Gasteiger partial charge in [0.05, 0.1) is 22.5 Å². The Kier molecular flexibility index (Phi) is 3.85. The van der Waals surface area contributed by atoms with Crippen LogP contribution < -0.4 is 4.90 Å². The van der Waals surface area contributed by atoms with Crippen molar-refractivity contribution in [2.24, 2.45) is 7.05 Å². The highest BCUT2D eigenvalue weighted by atomic mass is 35.5. The summed E-state index contributed by atoms with van der Waals surface area (Å²) in [6.07, 6.45) is 3.15. The number of halogens is 1. The molecule has 0 radical (unpaired) electrons. The Hall–Kier alpha value is -2.34. The van der Waals surface area contributed by atoms with Gasteiger partial charge in [-0.1, -0.05) is 23.7 Å². The van der Waals surface area contributed by atoms with E-state index in [9.17, 15) is 9.59 Å². The van der Waals surface area contributed by atoms with Crippen LogP contribution in [0.25, 0.3) is 0 Å². The van der Waals surface area contributed by atoms with E-state index in [2.05, 4.69) is 5.10 Å². The molecule has 0 saturated carbocycles. The number of hydrogen-bond acceptors (Lipinski definition) is 3. The molecule has 0 spiro atoms. The maximum absolute atomic E-state index is 12.4. The molecule has 0 atom stereocenters. The molecule has 1 aromatic carbocycles. The number of aromatic nitrogens is 2. The summed E-state index contributed by atoms with van der Waals surface area (Å²) in [5.41, 5.74) is 1.17. The molecule has 0 N–H and O–H groups in total. The summed E-state index contributed by atoms with van der Waals surface area (Å²) >= 11 is 6.14. The molecule has 7 heteroatoms. The van der Waals surface area contributed by atoms with Crippen molar-refractivity contribution in [3.8, 4) is 0 Å². The third-order valence-corrected chi connectivity index (χ3v) is 3.92. The Morgan fingerprint density at radius 1 is 1.27 bits per heavy atom. The average Bonchev–Trinajstić information content (AvgIpc) is 2.94. The topological polar surface area (TPSA) is 58.4 Å². The number of hydrogen-bond donors (Lipinski definition) is 0. The van der Waals surface area contributed by atoms with Gasteiger partial charge in [0.25, 0.3) is 5.91 Å². The predicted molar refractivity (Wildman–Crippen MR) is 82.9 cm³/mol. The summed E-state index contributed by atoms with van der Waals surface area (Å²) < 4.78 is 1.56. The van der Waals surface area contributed by atoms with Crippen LogP contribution in [0, 0.1) is 0 Å². The molecule has 1 saturated heterocycles. The molecule has 6 nitrogen and oxygen atoms in total. The van der Waals surface area contributed by atoms with Gasteiger partial charge in [0.15, 0.2) is 0 Å². The standard InChI is InChI=1S/C15H15ClN4O2/c1-18-9-11(8-17-18)15(22)19-6-7-20(14(21)10-19)13-5-3-2-4-12(13)16/h2-5,8-9H,6-7,10H2,1H3. The maximum atomic E-state index is 12.4. The molecule has 3 rings (SSSR count). The fourth-order valence-corrected chi connectivity index (χ4v) is 2.72. The van der Waals surface area contributed by atoms with Crippen LogP contribution in [0.2, 0.25) is 5.02 Å². The van der Waals surface area contributed by atoms with E-state index in [1.165, 1.54) is 11.1 Å². The van der Waals surface area contributed by atoms with E-state index in [0.717, 1.165) is 0 Å². The minimum absolute atomic E-state index is 0.0406. The van der Waals surface area contributed by atoms with Crippen molar-refractivity contribution in [2.45, 2.75) is 0 Å². The second-order valence-electron chi connectivity index (χ2n) is 5.13. The lowest BCUT2D eigenvalue weighted by molar-refractivity contribution is -0.120.